The lowest BCUT2D eigenvalue weighted by molar-refractivity contribution is 0.560. The Hall–Kier alpha value is -3.29. The number of fused-ring (bicyclic) bond motifs is 2. The first-order valence-corrected chi connectivity index (χ1v) is 14.1. The minimum atomic E-state index is -2.57. The Balaban J connectivity index is 1.47. The van der Waals surface area contributed by atoms with Gasteiger partial charge in [0.1, 0.15) is 18.0 Å². The van der Waals surface area contributed by atoms with E-state index in [1.807, 2.05) is 16.8 Å². The number of anilines is 2. The van der Waals surface area contributed by atoms with E-state index in [1.165, 1.54) is 11.1 Å². The zero-order valence-electron chi connectivity index (χ0n) is 19.2. The quantitative estimate of drug-likeness (QED) is 0.428. The molecule has 10 heteroatoms. The van der Waals surface area contributed by atoms with Gasteiger partial charge in [0.05, 0.1) is 11.7 Å². The zero-order chi connectivity index (χ0) is 23.4. The molecular weight excluding hydrogens is 449 g/mol. The number of benzene rings is 1. The highest BCUT2D eigenvalue weighted by molar-refractivity contribution is 7.69. The highest BCUT2D eigenvalue weighted by atomic mass is 31.2. The van der Waals surface area contributed by atoms with Crippen molar-refractivity contribution in [3.05, 3.63) is 64.2 Å². The minimum Gasteiger partial charge on any atom is -0.324 e. The first kappa shape index (κ1) is 21.3. The lowest BCUT2D eigenvalue weighted by atomic mass is 10.0. The van der Waals surface area contributed by atoms with Crippen molar-refractivity contribution in [1.82, 2.24) is 29.6 Å². The van der Waals surface area contributed by atoms with Crippen LogP contribution in [0.5, 0.6) is 0 Å². The summed E-state index contributed by atoms with van der Waals surface area (Å²) in [5.41, 5.74) is 5.20. The Morgan fingerprint density at radius 1 is 1.12 bits per heavy atom. The molecule has 1 aliphatic carbocycles. The molecule has 1 aliphatic heterocycles. The summed E-state index contributed by atoms with van der Waals surface area (Å²) in [5.74, 6) is 0.425. The van der Waals surface area contributed by atoms with Gasteiger partial charge in [-0.15, -0.1) is 0 Å². The predicted molar refractivity (Wildman–Crippen MR) is 133 cm³/mol. The van der Waals surface area contributed by atoms with Crippen LogP contribution >= 0.6 is 7.14 Å². The first-order valence-electron chi connectivity index (χ1n) is 11.5. The highest BCUT2D eigenvalue weighted by Gasteiger charge is 2.31. The van der Waals surface area contributed by atoms with Crippen LogP contribution in [0.15, 0.2) is 47.5 Å². The van der Waals surface area contributed by atoms with Crippen LogP contribution < -0.4 is 21.6 Å². The number of hydrogen-bond donors (Lipinski definition) is 2. The van der Waals surface area contributed by atoms with E-state index in [0.29, 0.717) is 22.4 Å². The van der Waals surface area contributed by atoms with E-state index in [-0.39, 0.29) is 11.6 Å². The number of pyridine rings is 1. The van der Waals surface area contributed by atoms with Crippen molar-refractivity contribution < 1.29 is 4.57 Å². The van der Waals surface area contributed by atoms with Crippen LogP contribution in [-0.2, 0) is 17.5 Å². The van der Waals surface area contributed by atoms with Crippen LogP contribution in [0.2, 0.25) is 0 Å². The van der Waals surface area contributed by atoms with Gasteiger partial charge >= 0.3 is 0 Å². The number of aromatic nitrogens is 5. The second kappa shape index (κ2) is 7.89. The third-order valence-corrected chi connectivity index (χ3v) is 7.74. The second-order valence-corrected chi connectivity index (χ2v) is 12.5. The summed E-state index contributed by atoms with van der Waals surface area (Å²) in [4.78, 5) is 26.8. The van der Waals surface area contributed by atoms with Gasteiger partial charge < -0.3 is 15.2 Å². The summed E-state index contributed by atoms with van der Waals surface area (Å²) < 4.78 is 16.3. The largest absolute Gasteiger partial charge is 0.324 e. The number of rotatable bonds is 5. The fraction of sp³-hybridized carbons (Fsp3) is 0.333. The standard InChI is InChI=1S/C24H26N7O2P/c1-34(2,33)21-12-19(8-10-26-21)30-22-20(23(32)31(30)18-5-6-18)14-27-24(29-22)28-17-4-3-16-13-25-9-7-15(16)11-17/h3-4,8,10-12,14,18,25H,5-7,9,13H2,1-2H3,(H,27,28,29). The third-order valence-electron chi connectivity index (χ3n) is 6.39. The van der Waals surface area contributed by atoms with Crippen LogP contribution in [-0.4, -0.2) is 44.2 Å². The molecule has 1 fully saturated rings. The Morgan fingerprint density at radius 3 is 2.76 bits per heavy atom. The molecule has 1 aromatic carbocycles. The molecule has 0 amide bonds. The molecule has 0 saturated heterocycles. The molecule has 1 saturated carbocycles. The van der Waals surface area contributed by atoms with E-state index in [4.69, 9.17) is 4.98 Å². The van der Waals surface area contributed by atoms with Crippen molar-refractivity contribution in [3.63, 3.8) is 0 Å². The molecule has 2 aliphatic rings. The molecular formula is C24H26N7O2P. The van der Waals surface area contributed by atoms with Gasteiger partial charge in [-0.3, -0.25) is 9.78 Å². The molecule has 6 rings (SSSR count). The van der Waals surface area contributed by atoms with Crippen molar-refractivity contribution in [1.29, 1.82) is 0 Å². The van der Waals surface area contributed by atoms with Gasteiger partial charge in [0, 0.05) is 24.6 Å². The van der Waals surface area contributed by atoms with Gasteiger partial charge in [-0.05, 0) is 74.5 Å². The van der Waals surface area contributed by atoms with E-state index in [2.05, 4.69) is 32.7 Å². The summed E-state index contributed by atoms with van der Waals surface area (Å²) in [6, 6.07) is 10.0. The highest BCUT2D eigenvalue weighted by Crippen LogP contribution is 2.37. The van der Waals surface area contributed by atoms with Crippen molar-refractivity contribution in [2.75, 3.05) is 25.2 Å². The maximum absolute atomic E-state index is 13.3. The van der Waals surface area contributed by atoms with E-state index in [1.54, 1.807) is 36.5 Å². The minimum absolute atomic E-state index is 0.111. The average molecular weight is 475 g/mol. The van der Waals surface area contributed by atoms with Crippen LogP contribution in [0.25, 0.3) is 16.7 Å². The molecule has 4 heterocycles. The van der Waals surface area contributed by atoms with E-state index < -0.39 is 7.14 Å². The number of nitrogens with zero attached hydrogens (tertiary/aromatic N) is 5. The van der Waals surface area contributed by atoms with Crippen LogP contribution in [0.3, 0.4) is 0 Å². The van der Waals surface area contributed by atoms with Crippen LogP contribution in [0.1, 0.15) is 30.0 Å². The van der Waals surface area contributed by atoms with Gasteiger partial charge in [0.2, 0.25) is 5.95 Å². The molecule has 9 nitrogen and oxygen atoms in total. The predicted octanol–water partition coefficient (Wildman–Crippen LogP) is 2.95. The lowest BCUT2D eigenvalue weighted by Crippen LogP contribution is -2.23. The average Bonchev–Trinajstić information content (AvgIpc) is 3.62. The zero-order valence-corrected chi connectivity index (χ0v) is 20.0. The molecule has 34 heavy (non-hydrogen) atoms. The molecule has 4 aromatic rings. The van der Waals surface area contributed by atoms with Crippen molar-refractivity contribution >= 4 is 35.2 Å². The fourth-order valence-electron chi connectivity index (χ4n) is 4.47. The SMILES string of the molecule is CP(C)(=O)c1cc(-n2c3nc(Nc4ccc5c(c4)CCNC5)ncc3c(=O)n2C2CC2)ccn1. The molecule has 0 atom stereocenters. The van der Waals surface area contributed by atoms with E-state index in [0.717, 1.165) is 43.7 Å². The van der Waals surface area contributed by atoms with E-state index in [9.17, 15) is 9.36 Å². The van der Waals surface area contributed by atoms with Gasteiger partial charge in [-0.25, -0.2) is 14.3 Å². The van der Waals surface area contributed by atoms with Crippen LogP contribution in [0.4, 0.5) is 11.6 Å². The Labute approximate surface area is 196 Å². The number of hydrogen-bond acceptors (Lipinski definition) is 7. The van der Waals surface area contributed by atoms with Crippen molar-refractivity contribution in [3.8, 4) is 5.69 Å². The maximum Gasteiger partial charge on any atom is 0.278 e. The van der Waals surface area contributed by atoms with Gasteiger partial charge in [0.15, 0.2) is 5.65 Å². The van der Waals surface area contributed by atoms with Gasteiger partial charge in [-0.1, -0.05) is 6.07 Å². The second-order valence-electron chi connectivity index (χ2n) is 9.38. The van der Waals surface area contributed by atoms with Crippen molar-refractivity contribution in [2.24, 2.45) is 0 Å². The van der Waals surface area contributed by atoms with E-state index >= 15 is 0 Å². The molecule has 3 aromatic heterocycles. The molecule has 0 unspecified atom stereocenters. The maximum atomic E-state index is 13.3. The molecule has 0 bridgehead atoms. The van der Waals surface area contributed by atoms with Crippen molar-refractivity contribution in [2.45, 2.75) is 31.8 Å². The Bertz CT molecular complexity index is 1530. The Morgan fingerprint density at radius 2 is 1.97 bits per heavy atom. The topological polar surface area (TPSA) is 107 Å². The number of nitrogens with one attached hydrogen (secondary N) is 2. The summed E-state index contributed by atoms with van der Waals surface area (Å²) in [5, 5.41) is 7.16. The molecule has 0 spiro atoms. The smallest absolute Gasteiger partial charge is 0.278 e. The molecule has 174 valence electrons. The van der Waals surface area contributed by atoms with Crippen LogP contribution in [0, 0.1) is 0 Å². The molecule has 2 N–H and O–H groups in total. The van der Waals surface area contributed by atoms with Gasteiger partial charge in [-0.2, -0.15) is 4.98 Å². The monoisotopic (exact) mass is 475 g/mol. The van der Waals surface area contributed by atoms with Gasteiger partial charge in [0.25, 0.3) is 5.56 Å². The summed E-state index contributed by atoms with van der Waals surface area (Å²) >= 11 is 0. The molecule has 0 radical (unpaired) electrons. The summed E-state index contributed by atoms with van der Waals surface area (Å²) in [6.07, 6.45) is 6.10. The Kier molecular flexibility index (Phi) is 4.93. The first-order chi connectivity index (χ1) is 16.4. The summed E-state index contributed by atoms with van der Waals surface area (Å²) in [7, 11) is -2.57. The summed E-state index contributed by atoms with van der Waals surface area (Å²) in [6.45, 7) is 5.24. The normalized spacial score (nSPS) is 15.9. The lowest BCUT2D eigenvalue weighted by Gasteiger charge is -2.18. The third kappa shape index (κ3) is 3.75. The fourth-order valence-corrected chi connectivity index (χ4v) is 5.26.